The minimum atomic E-state index is -0.00579. The quantitative estimate of drug-likeness (QED) is 0.780. The molecule has 0 radical (unpaired) electrons. The zero-order chi connectivity index (χ0) is 12.8. The highest BCUT2D eigenvalue weighted by molar-refractivity contribution is 5.74. The summed E-state index contributed by atoms with van der Waals surface area (Å²) in [7, 11) is 0. The molecule has 18 heavy (non-hydrogen) atoms. The second kappa shape index (κ2) is 6.26. The van der Waals surface area contributed by atoms with Gasteiger partial charge in [-0.15, -0.1) is 0 Å². The monoisotopic (exact) mass is 249 g/mol. The van der Waals surface area contributed by atoms with E-state index in [1.165, 1.54) is 5.56 Å². The van der Waals surface area contributed by atoms with E-state index in [9.17, 15) is 4.79 Å². The van der Waals surface area contributed by atoms with E-state index in [1.54, 1.807) is 4.90 Å². The molecule has 1 heterocycles. The van der Waals surface area contributed by atoms with Gasteiger partial charge in [-0.1, -0.05) is 12.1 Å². The topological polar surface area (TPSA) is 67.6 Å². The number of nitrogens with zero attached hydrogens (tertiary/aromatic N) is 1. The van der Waals surface area contributed by atoms with Crippen LogP contribution in [0.2, 0.25) is 0 Å². The van der Waals surface area contributed by atoms with E-state index in [4.69, 9.17) is 10.5 Å². The molecule has 5 heteroatoms. The largest absolute Gasteiger partial charge is 0.399 e. The minimum absolute atomic E-state index is 0.00579. The third kappa shape index (κ3) is 3.63. The van der Waals surface area contributed by atoms with Gasteiger partial charge in [-0.05, 0) is 24.1 Å². The number of anilines is 1. The molecule has 0 saturated carbocycles. The Morgan fingerprint density at radius 2 is 1.94 bits per heavy atom. The number of nitrogens with two attached hydrogens (primary N) is 1. The lowest BCUT2D eigenvalue weighted by Gasteiger charge is -2.26. The highest BCUT2D eigenvalue weighted by Gasteiger charge is 2.15. The van der Waals surface area contributed by atoms with Crippen molar-refractivity contribution in [2.45, 2.75) is 6.42 Å². The highest BCUT2D eigenvalue weighted by Crippen LogP contribution is 2.05. The van der Waals surface area contributed by atoms with E-state index < -0.39 is 0 Å². The third-order valence-corrected chi connectivity index (χ3v) is 2.97. The molecule has 1 fully saturated rings. The first kappa shape index (κ1) is 12.7. The van der Waals surface area contributed by atoms with Gasteiger partial charge < -0.3 is 20.7 Å². The lowest BCUT2D eigenvalue weighted by Crippen LogP contribution is -2.46. The van der Waals surface area contributed by atoms with Crippen molar-refractivity contribution in [3.8, 4) is 0 Å². The SMILES string of the molecule is Nc1ccc(CCNC(=O)N2CCOCC2)cc1. The lowest BCUT2D eigenvalue weighted by molar-refractivity contribution is 0.0533. The second-order valence-corrected chi connectivity index (χ2v) is 4.32. The summed E-state index contributed by atoms with van der Waals surface area (Å²) in [6.07, 6.45) is 0.816. The Hall–Kier alpha value is -1.75. The number of nitrogens with one attached hydrogen (secondary N) is 1. The smallest absolute Gasteiger partial charge is 0.317 e. The first-order valence-electron chi connectivity index (χ1n) is 6.20. The van der Waals surface area contributed by atoms with E-state index in [-0.39, 0.29) is 6.03 Å². The molecule has 1 aliphatic rings. The zero-order valence-corrected chi connectivity index (χ0v) is 10.4. The maximum absolute atomic E-state index is 11.8. The summed E-state index contributed by atoms with van der Waals surface area (Å²) in [6, 6.07) is 7.71. The Balaban J connectivity index is 1.71. The van der Waals surface area contributed by atoms with E-state index in [2.05, 4.69) is 5.32 Å². The molecule has 98 valence electrons. The summed E-state index contributed by atoms with van der Waals surface area (Å²) >= 11 is 0. The van der Waals surface area contributed by atoms with Gasteiger partial charge in [-0.3, -0.25) is 0 Å². The number of carbonyl (C=O) groups is 1. The van der Waals surface area contributed by atoms with Crippen LogP contribution in [0.15, 0.2) is 24.3 Å². The number of nitrogen functional groups attached to an aromatic ring is 1. The standard InChI is InChI=1S/C13H19N3O2/c14-12-3-1-11(2-4-12)5-6-15-13(17)16-7-9-18-10-8-16/h1-4H,5-10,14H2,(H,15,17). The zero-order valence-electron chi connectivity index (χ0n) is 10.4. The number of carbonyl (C=O) groups excluding carboxylic acids is 1. The van der Waals surface area contributed by atoms with Crippen molar-refractivity contribution in [2.24, 2.45) is 0 Å². The molecule has 0 spiro atoms. The van der Waals surface area contributed by atoms with Gasteiger partial charge in [-0.2, -0.15) is 0 Å². The van der Waals surface area contributed by atoms with Gasteiger partial charge in [0.15, 0.2) is 0 Å². The molecule has 0 unspecified atom stereocenters. The van der Waals surface area contributed by atoms with Crippen LogP contribution in [0.4, 0.5) is 10.5 Å². The Kier molecular flexibility index (Phi) is 4.41. The average Bonchev–Trinajstić information content (AvgIpc) is 2.42. The van der Waals surface area contributed by atoms with Gasteiger partial charge in [0.05, 0.1) is 13.2 Å². The fourth-order valence-electron chi connectivity index (χ4n) is 1.88. The Morgan fingerprint density at radius 3 is 2.61 bits per heavy atom. The second-order valence-electron chi connectivity index (χ2n) is 4.32. The van der Waals surface area contributed by atoms with E-state index in [0.717, 1.165) is 12.1 Å². The predicted octanol–water partition coefficient (Wildman–Crippen LogP) is 0.853. The lowest BCUT2D eigenvalue weighted by atomic mass is 10.1. The van der Waals surface area contributed by atoms with Gasteiger partial charge >= 0.3 is 6.03 Å². The van der Waals surface area contributed by atoms with Gasteiger partial charge in [0.2, 0.25) is 0 Å². The van der Waals surface area contributed by atoms with Crippen LogP contribution in [0.25, 0.3) is 0 Å². The molecule has 1 saturated heterocycles. The average molecular weight is 249 g/mol. The molecule has 2 rings (SSSR count). The van der Waals surface area contributed by atoms with Crippen LogP contribution in [0, 0.1) is 0 Å². The van der Waals surface area contributed by atoms with E-state index in [1.807, 2.05) is 24.3 Å². The fourth-order valence-corrected chi connectivity index (χ4v) is 1.88. The molecule has 0 atom stereocenters. The molecule has 0 bridgehead atoms. The number of rotatable bonds is 3. The van der Waals surface area contributed by atoms with Crippen molar-refractivity contribution in [1.82, 2.24) is 10.2 Å². The summed E-state index contributed by atoms with van der Waals surface area (Å²) in [6.45, 7) is 3.25. The van der Waals surface area contributed by atoms with E-state index >= 15 is 0 Å². The molecule has 5 nitrogen and oxygen atoms in total. The molecule has 0 aliphatic carbocycles. The molecule has 1 aliphatic heterocycles. The van der Waals surface area contributed by atoms with E-state index in [0.29, 0.717) is 32.8 Å². The molecule has 3 N–H and O–H groups in total. The minimum Gasteiger partial charge on any atom is -0.399 e. The predicted molar refractivity (Wildman–Crippen MR) is 70.3 cm³/mol. The summed E-state index contributed by atoms with van der Waals surface area (Å²) in [5.74, 6) is 0. The molecular formula is C13H19N3O2. The van der Waals surface area contributed by atoms with Gasteiger partial charge in [-0.25, -0.2) is 4.79 Å². The van der Waals surface area contributed by atoms with Crippen LogP contribution in [0.3, 0.4) is 0 Å². The van der Waals surface area contributed by atoms with Crippen molar-refractivity contribution in [3.05, 3.63) is 29.8 Å². The van der Waals surface area contributed by atoms with Gasteiger partial charge in [0, 0.05) is 25.3 Å². The summed E-state index contributed by atoms with van der Waals surface area (Å²) in [4.78, 5) is 13.6. The number of morpholine rings is 1. The highest BCUT2D eigenvalue weighted by atomic mass is 16.5. The molecule has 1 aromatic carbocycles. The number of hydrogen-bond acceptors (Lipinski definition) is 3. The summed E-state index contributed by atoms with van der Waals surface area (Å²) in [5.41, 5.74) is 7.55. The molecule has 2 amide bonds. The van der Waals surface area contributed by atoms with Gasteiger partial charge in [0.1, 0.15) is 0 Å². The van der Waals surface area contributed by atoms with Crippen LogP contribution in [-0.2, 0) is 11.2 Å². The number of ether oxygens (including phenoxy) is 1. The summed E-state index contributed by atoms with van der Waals surface area (Å²) in [5, 5.41) is 2.92. The van der Waals surface area contributed by atoms with Crippen molar-refractivity contribution in [1.29, 1.82) is 0 Å². The van der Waals surface area contributed by atoms with Crippen LogP contribution in [0.5, 0.6) is 0 Å². The Bertz CT molecular complexity index is 386. The fraction of sp³-hybridized carbons (Fsp3) is 0.462. The van der Waals surface area contributed by atoms with Crippen LogP contribution >= 0.6 is 0 Å². The maximum Gasteiger partial charge on any atom is 0.317 e. The van der Waals surface area contributed by atoms with Crippen molar-refractivity contribution in [2.75, 3.05) is 38.6 Å². The number of amides is 2. The van der Waals surface area contributed by atoms with Gasteiger partial charge in [0.25, 0.3) is 0 Å². The van der Waals surface area contributed by atoms with Crippen molar-refractivity contribution in [3.63, 3.8) is 0 Å². The number of urea groups is 1. The maximum atomic E-state index is 11.8. The Morgan fingerprint density at radius 1 is 1.28 bits per heavy atom. The first-order chi connectivity index (χ1) is 8.75. The first-order valence-corrected chi connectivity index (χ1v) is 6.20. The molecule has 1 aromatic rings. The normalized spacial score (nSPS) is 15.4. The Labute approximate surface area is 107 Å². The van der Waals surface area contributed by atoms with Crippen LogP contribution in [-0.4, -0.2) is 43.8 Å². The van der Waals surface area contributed by atoms with Crippen LogP contribution < -0.4 is 11.1 Å². The molecular weight excluding hydrogens is 230 g/mol. The van der Waals surface area contributed by atoms with Crippen LogP contribution in [0.1, 0.15) is 5.56 Å². The van der Waals surface area contributed by atoms with Crippen molar-refractivity contribution >= 4 is 11.7 Å². The van der Waals surface area contributed by atoms with Crippen molar-refractivity contribution < 1.29 is 9.53 Å². The number of benzene rings is 1. The summed E-state index contributed by atoms with van der Waals surface area (Å²) < 4.78 is 5.20. The third-order valence-electron chi connectivity index (χ3n) is 2.97. The number of hydrogen-bond donors (Lipinski definition) is 2. The molecule has 0 aromatic heterocycles.